The van der Waals surface area contributed by atoms with E-state index in [1.165, 1.54) is 32.1 Å². The zero-order valence-electron chi connectivity index (χ0n) is 14.4. The molecule has 0 N–H and O–H groups in total. The van der Waals surface area contributed by atoms with Crippen LogP contribution in [0.1, 0.15) is 80.1 Å². The second-order valence-corrected chi connectivity index (χ2v) is 7.84. The maximum absolute atomic E-state index is 12.6. The van der Waals surface area contributed by atoms with E-state index in [1.807, 2.05) is 0 Å². The standard InChI is InChI=1S/C18H34O2/c1-13(2)12-16(14(3)4)17(19)20-18(5,6)15-10-8-7-9-11-15/h13-16H,7-12H2,1-6H3. The van der Waals surface area contributed by atoms with Gasteiger partial charge in [-0.15, -0.1) is 0 Å². The zero-order valence-corrected chi connectivity index (χ0v) is 14.4. The van der Waals surface area contributed by atoms with E-state index < -0.39 is 0 Å². The summed E-state index contributed by atoms with van der Waals surface area (Å²) < 4.78 is 5.96. The lowest BCUT2D eigenvalue weighted by molar-refractivity contribution is -0.170. The van der Waals surface area contributed by atoms with Gasteiger partial charge in [0.15, 0.2) is 0 Å². The fraction of sp³-hybridized carbons (Fsp3) is 0.944. The monoisotopic (exact) mass is 282 g/mol. The maximum atomic E-state index is 12.6. The van der Waals surface area contributed by atoms with E-state index in [4.69, 9.17) is 4.74 Å². The van der Waals surface area contributed by atoms with Crippen molar-refractivity contribution in [2.45, 2.75) is 85.7 Å². The van der Waals surface area contributed by atoms with Crippen LogP contribution in [0.3, 0.4) is 0 Å². The van der Waals surface area contributed by atoms with Crippen LogP contribution in [0.2, 0.25) is 0 Å². The molecule has 1 aliphatic rings. The van der Waals surface area contributed by atoms with Crippen LogP contribution >= 0.6 is 0 Å². The van der Waals surface area contributed by atoms with Gasteiger partial charge in [-0.3, -0.25) is 4.79 Å². The third-order valence-corrected chi connectivity index (χ3v) is 4.78. The normalized spacial score (nSPS) is 19.4. The predicted octanol–water partition coefficient (Wildman–Crippen LogP) is 5.21. The van der Waals surface area contributed by atoms with Crippen molar-refractivity contribution in [3.05, 3.63) is 0 Å². The van der Waals surface area contributed by atoms with E-state index in [-0.39, 0.29) is 17.5 Å². The molecule has 118 valence electrons. The molecule has 0 aromatic heterocycles. The molecule has 0 bridgehead atoms. The Labute approximate surface area is 125 Å². The first-order chi connectivity index (χ1) is 9.24. The Morgan fingerprint density at radius 3 is 2.10 bits per heavy atom. The molecule has 0 radical (unpaired) electrons. The van der Waals surface area contributed by atoms with Crippen LogP contribution in [0.15, 0.2) is 0 Å². The minimum Gasteiger partial charge on any atom is -0.459 e. The van der Waals surface area contributed by atoms with Crippen LogP contribution in [-0.2, 0) is 9.53 Å². The van der Waals surface area contributed by atoms with Gasteiger partial charge in [-0.05, 0) is 50.9 Å². The summed E-state index contributed by atoms with van der Waals surface area (Å²) >= 11 is 0. The number of esters is 1. The molecule has 2 heteroatoms. The van der Waals surface area contributed by atoms with Crippen molar-refractivity contribution in [1.29, 1.82) is 0 Å². The van der Waals surface area contributed by atoms with E-state index in [2.05, 4.69) is 41.5 Å². The first kappa shape index (κ1) is 17.5. The Hall–Kier alpha value is -0.530. The van der Waals surface area contributed by atoms with E-state index in [0.717, 1.165) is 6.42 Å². The van der Waals surface area contributed by atoms with Crippen LogP contribution in [0.5, 0.6) is 0 Å². The summed E-state index contributed by atoms with van der Waals surface area (Å²) in [6.07, 6.45) is 7.24. The van der Waals surface area contributed by atoms with Gasteiger partial charge in [-0.1, -0.05) is 47.0 Å². The van der Waals surface area contributed by atoms with Crippen LogP contribution in [0.25, 0.3) is 0 Å². The lowest BCUT2D eigenvalue weighted by Gasteiger charge is -2.38. The molecule has 1 fully saturated rings. The van der Waals surface area contributed by atoms with Gasteiger partial charge < -0.3 is 4.74 Å². The minimum absolute atomic E-state index is 0.0178. The quantitative estimate of drug-likeness (QED) is 0.625. The van der Waals surface area contributed by atoms with Crippen molar-refractivity contribution < 1.29 is 9.53 Å². The molecular formula is C18H34O2. The molecule has 0 spiro atoms. The van der Waals surface area contributed by atoms with E-state index in [9.17, 15) is 4.79 Å². The van der Waals surface area contributed by atoms with Gasteiger partial charge in [0, 0.05) is 0 Å². The largest absolute Gasteiger partial charge is 0.459 e. The maximum Gasteiger partial charge on any atom is 0.309 e. The van der Waals surface area contributed by atoms with Crippen molar-refractivity contribution in [3.8, 4) is 0 Å². The molecule has 0 saturated heterocycles. The Balaban J connectivity index is 2.65. The summed E-state index contributed by atoms with van der Waals surface area (Å²) in [5.74, 6) is 1.48. The molecule has 1 aliphatic carbocycles. The minimum atomic E-state index is -0.304. The summed E-state index contributed by atoms with van der Waals surface area (Å²) in [6.45, 7) is 12.8. The van der Waals surface area contributed by atoms with E-state index >= 15 is 0 Å². The van der Waals surface area contributed by atoms with Gasteiger partial charge in [0.05, 0.1) is 5.92 Å². The number of carbonyl (C=O) groups is 1. The lowest BCUT2D eigenvalue weighted by Crippen LogP contribution is -2.40. The van der Waals surface area contributed by atoms with Crippen molar-refractivity contribution >= 4 is 5.97 Å². The fourth-order valence-corrected chi connectivity index (χ4v) is 3.36. The Kier molecular flexibility index (Phi) is 6.54. The molecule has 1 atom stereocenters. The highest BCUT2D eigenvalue weighted by Gasteiger charge is 2.36. The Bertz CT molecular complexity index is 299. The third-order valence-electron chi connectivity index (χ3n) is 4.78. The molecule has 1 rings (SSSR count). The van der Waals surface area contributed by atoms with E-state index in [0.29, 0.717) is 17.8 Å². The highest BCUT2D eigenvalue weighted by Crippen LogP contribution is 2.36. The first-order valence-corrected chi connectivity index (χ1v) is 8.47. The molecule has 0 heterocycles. The van der Waals surface area contributed by atoms with Crippen molar-refractivity contribution in [1.82, 2.24) is 0 Å². The molecule has 0 amide bonds. The predicted molar refractivity (Wildman–Crippen MR) is 84.5 cm³/mol. The molecule has 2 nitrogen and oxygen atoms in total. The number of ether oxygens (including phenoxy) is 1. The summed E-state index contributed by atoms with van der Waals surface area (Å²) in [5, 5.41) is 0. The van der Waals surface area contributed by atoms with Gasteiger partial charge in [0.25, 0.3) is 0 Å². The molecule has 0 aliphatic heterocycles. The Morgan fingerprint density at radius 2 is 1.65 bits per heavy atom. The summed E-state index contributed by atoms with van der Waals surface area (Å²) in [6, 6.07) is 0. The molecule has 0 aromatic carbocycles. The highest BCUT2D eigenvalue weighted by molar-refractivity contribution is 5.73. The molecule has 1 unspecified atom stereocenters. The van der Waals surface area contributed by atoms with Crippen LogP contribution in [-0.4, -0.2) is 11.6 Å². The van der Waals surface area contributed by atoms with Gasteiger partial charge in [-0.2, -0.15) is 0 Å². The van der Waals surface area contributed by atoms with Crippen LogP contribution in [0.4, 0.5) is 0 Å². The van der Waals surface area contributed by atoms with Crippen LogP contribution in [0, 0.1) is 23.7 Å². The van der Waals surface area contributed by atoms with Gasteiger partial charge in [-0.25, -0.2) is 0 Å². The fourth-order valence-electron chi connectivity index (χ4n) is 3.36. The number of hydrogen-bond acceptors (Lipinski definition) is 2. The molecule has 1 saturated carbocycles. The molecular weight excluding hydrogens is 248 g/mol. The smallest absolute Gasteiger partial charge is 0.309 e. The van der Waals surface area contributed by atoms with Gasteiger partial charge in [0.2, 0.25) is 0 Å². The zero-order chi connectivity index (χ0) is 15.3. The van der Waals surface area contributed by atoms with Crippen molar-refractivity contribution in [2.24, 2.45) is 23.7 Å². The second kappa shape index (κ2) is 7.47. The molecule has 0 aromatic rings. The van der Waals surface area contributed by atoms with Crippen molar-refractivity contribution in [2.75, 3.05) is 0 Å². The summed E-state index contributed by atoms with van der Waals surface area (Å²) in [7, 11) is 0. The molecule has 20 heavy (non-hydrogen) atoms. The number of hydrogen-bond donors (Lipinski definition) is 0. The highest BCUT2D eigenvalue weighted by atomic mass is 16.6. The topological polar surface area (TPSA) is 26.3 Å². The van der Waals surface area contributed by atoms with Crippen LogP contribution < -0.4 is 0 Å². The number of carbonyl (C=O) groups excluding carboxylic acids is 1. The number of rotatable bonds is 6. The second-order valence-electron chi connectivity index (χ2n) is 7.84. The van der Waals surface area contributed by atoms with E-state index in [1.54, 1.807) is 0 Å². The SMILES string of the molecule is CC(C)CC(C(=O)OC(C)(C)C1CCCCC1)C(C)C. The van der Waals surface area contributed by atoms with Gasteiger partial charge in [0.1, 0.15) is 5.60 Å². The lowest BCUT2D eigenvalue weighted by atomic mass is 9.78. The third kappa shape index (κ3) is 5.10. The Morgan fingerprint density at radius 1 is 1.10 bits per heavy atom. The first-order valence-electron chi connectivity index (χ1n) is 8.47. The van der Waals surface area contributed by atoms with Gasteiger partial charge >= 0.3 is 5.97 Å². The van der Waals surface area contributed by atoms with Crippen molar-refractivity contribution in [3.63, 3.8) is 0 Å². The average molecular weight is 282 g/mol. The summed E-state index contributed by atoms with van der Waals surface area (Å²) in [5.41, 5.74) is -0.304. The summed E-state index contributed by atoms with van der Waals surface area (Å²) in [4.78, 5) is 12.6. The average Bonchev–Trinajstić information content (AvgIpc) is 2.36.